The summed E-state index contributed by atoms with van der Waals surface area (Å²) in [5.41, 5.74) is 7.13. The summed E-state index contributed by atoms with van der Waals surface area (Å²) >= 11 is 0. The van der Waals surface area contributed by atoms with Gasteiger partial charge in [0.2, 0.25) is 5.91 Å². The van der Waals surface area contributed by atoms with Crippen molar-refractivity contribution in [3.63, 3.8) is 0 Å². The van der Waals surface area contributed by atoms with E-state index in [9.17, 15) is 9.59 Å². The van der Waals surface area contributed by atoms with Crippen molar-refractivity contribution in [2.75, 3.05) is 26.2 Å². The molecule has 27 heavy (non-hydrogen) atoms. The smallest absolute Gasteiger partial charge is 0.410 e. The van der Waals surface area contributed by atoms with Crippen molar-refractivity contribution < 1.29 is 14.3 Å². The first-order chi connectivity index (χ1) is 12.9. The van der Waals surface area contributed by atoms with Crippen LogP contribution < -0.4 is 5.73 Å². The third-order valence-corrected chi connectivity index (χ3v) is 6.04. The molecule has 148 valence electrons. The minimum Gasteiger partial charge on any atom is -0.445 e. The minimum atomic E-state index is -0.424. The second kappa shape index (κ2) is 8.30. The van der Waals surface area contributed by atoms with Crippen LogP contribution in [0.15, 0.2) is 30.3 Å². The summed E-state index contributed by atoms with van der Waals surface area (Å²) in [4.78, 5) is 28.6. The molecule has 2 N–H and O–H groups in total. The number of carbonyl (C=O) groups is 2. The molecule has 0 saturated carbocycles. The van der Waals surface area contributed by atoms with Crippen molar-refractivity contribution in [1.82, 2.24) is 9.80 Å². The highest BCUT2D eigenvalue weighted by atomic mass is 16.6. The zero-order valence-corrected chi connectivity index (χ0v) is 16.4. The molecular weight excluding hydrogens is 342 g/mol. The molecule has 0 aliphatic carbocycles. The number of hydrogen-bond acceptors (Lipinski definition) is 4. The first-order valence-electron chi connectivity index (χ1n) is 9.90. The summed E-state index contributed by atoms with van der Waals surface area (Å²) in [6.45, 7) is 7.16. The number of likely N-dealkylation sites (tertiary alicyclic amines) is 2. The fraction of sp³-hybridized carbons (Fsp3) is 0.619. The molecule has 1 atom stereocenters. The Kier molecular flexibility index (Phi) is 6.05. The first kappa shape index (κ1) is 19.7. The van der Waals surface area contributed by atoms with E-state index in [0.29, 0.717) is 6.61 Å². The fourth-order valence-electron chi connectivity index (χ4n) is 4.01. The van der Waals surface area contributed by atoms with Gasteiger partial charge >= 0.3 is 6.09 Å². The van der Waals surface area contributed by atoms with Gasteiger partial charge in [0.1, 0.15) is 6.61 Å². The second-order valence-corrected chi connectivity index (χ2v) is 8.31. The monoisotopic (exact) mass is 373 g/mol. The lowest BCUT2D eigenvalue weighted by Gasteiger charge is -2.40. The van der Waals surface area contributed by atoms with Gasteiger partial charge in [0, 0.05) is 26.2 Å². The molecule has 2 heterocycles. The summed E-state index contributed by atoms with van der Waals surface area (Å²) in [6, 6.07) is 9.30. The molecule has 2 amide bonds. The van der Waals surface area contributed by atoms with E-state index in [-0.39, 0.29) is 23.3 Å². The molecule has 3 rings (SSSR count). The lowest BCUT2D eigenvalue weighted by molar-refractivity contribution is -0.135. The molecule has 0 radical (unpaired) electrons. The summed E-state index contributed by atoms with van der Waals surface area (Å²) in [5.74, 6) is 0.201. The van der Waals surface area contributed by atoms with Gasteiger partial charge in [-0.1, -0.05) is 44.2 Å². The van der Waals surface area contributed by atoms with Gasteiger partial charge in [-0.15, -0.1) is 0 Å². The molecular formula is C21H31N3O3. The number of carbonyl (C=O) groups excluding carboxylic acids is 2. The topological polar surface area (TPSA) is 75.9 Å². The zero-order valence-electron chi connectivity index (χ0n) is 16.4. The van der Waals surface area contributed by atoms with E-state index < -0.39 is 6.04 Å². The Balaban J connectivity index is 1.48. The first-order valence-corrected chi connectivity index (χ1v) is 9.90. The van der Waals surface area contributed by atoms with Gasteiger partial charge in [0.05, 0.1) is 6.04 Å². The summed E-state index contributed by atoms with van der Waals surface area (Å²) in [6.07, 6.45) is 2.58. The number of rotatable bonds is 4. The Morgan fingerprint density at radius 3 is 2.26 bits per heavy atom. The number of ether oxygens (including phenoxy) is 1. The largest absolute Gasteiger partial charge is 0.445 e. The van der Waals surface area contributed by atoms with Crippen molar-refractivity contribution in [3.8, 4) is 0 Å². The molecule has 0 aromatic heterocycles. The van der Waals surface area contributed by atoms with Gasteiger partial charge in [-0.25, -0.2) is 4.79 Å². The Bertz CT molecular complexity index is 654. The Labute approximate surface area is 161 Å². The highest BCUT2D eigenvalue weighted by Gasteiger charge is 2.43. The second-order valence-electron chi connectivity index (χ2n) is 8.31. The SMILES string of the molecule is CC(C)C(N)C(=O)N1CCC2(CCN(C(=O)OCc3ccccc3)C2)CC1. The van der Waals surface area contributed by atoms with E-state index >= 15 is 0 Å². The standard InChI is InChI=1S/C21H31N3O3/c1-16(2)18(22)19(25)23-11-8-21(9-12-23)10-13-24(15-21)20(26)27-14-17-6-4-3-5-7-17/h3-7,16,18H,8-15,22H2,1-2H3. The van der Waals surface area contributed by atoms with Gasteiger partial charge in [-0.3, -0.25) is 4.79 Å². The molecule has 2 fully saturated rings. The lowest BCUT2D eigenvalue weighted by atomic mass is 9.77. The van der Waals surface area contributed by atoms with E-state index in [1.165, 1.54) is 0 Å². The van der Waals surface area contributed by atoms with Crippen LogP contribution in [0.3, 0.4) is 0 Å². The average molecular weight is 373 g/mol. The molecule has 0 bridgehead atoms. The number of amides is 2. The average Bonchev–Trinajstić information content (AvgIpc) is 3.10. The van der Waals surface area contributed by atoms with Gasteiger partial charge in [-0.2, -0.15) is 0 Å². The molecule has 6 nitrogen and oxygen atoms in total. The maximum absolute atomic E-state index is 12.5. The van der Waals surface area contributed by atoms with Crippen molar-refractivity contribution in [2.24, 2.45) is 17.1 Å². The quantitative estimate of drug-likeness (QED) is 0.880. The summed E-state index contributed by atoms with van der Waals surface area (Å²) in [5, 5.41) is 0. The molecule has 6 heteroatoms. The van der Waals surface area contributed by atoms with E-state index in [1.807, 2.05) is 54.0 Å². The lowest BCUT2D eigenvalue weighted by Crippen LogP contribution is -2.51. The van der Waals surface area contributed by atoms with Crippen LogP contribution in [0, 0.1) is 11.3 Å². The highest BCUT2D eigenvalue weighted by molar-refractivity contribution is 5.82. The van der Waals surface area contributed by atoms with Crippen molar-refractivity contribution in [1.29, 1.82) is 0 Å². The number of piperidine rings is 1. The Morgan fingerprint density at radius 2 is 1.67 bits per heavy atom. The zero-order chi connectivity index (χ0) is 19.4. The van der Waals surface area contributed by atoms with E-state index in [2.05, 4.69) is 0 Å². The third-order valence-electron chi connectivity index (χ3n) is 6.04. The number of nitrogens with zero attached hydrogens (tertiary/aromatic N) is 2. The van der Waals surface area contributed by atoms with Crippen LogP contribution in [0.1, 0.15) is 38.7 Å². The molecule has 2 saturated heterocycles. The van der Waals surface area contributed by atoms with E-state index in [4.69, 9.17) is 10.5 Å². The van der Waals surface area contributed by atoms with Crippen LogP contribution in [0.4, 0.5) is 4.79 Å². The van der Waals surface area contributed by atoms with Crippen molar-refractivity contribution in [2.45, 2.75) is 45.8 Å². The van der Waals surface area contributed by atoms with Crippen LogP contribution in [0.5, 0.6) is 0 Å². The van der Waals surface area contributed by atoms with Gasteiger partial charge in [-0.05, 0) is 36.2 Å². The Hall–Kier alpha value is -2.08. The van der Waals surface area contributed by atoms with E-state index in [1.54, 1.807) is 0 Å². The van der Waals surface area contributed by atoms with Crippen LogP contribution in [0.2, 0.25) is 0 Å². The van der Waals surface area contributed by atoms with Crippen molar-refractivity contribution in [3.05, 3.63) is 35.9 Å². The predicted octanol–water partition coefficient (Wildman–Crippen LogP) is 2.62. The van der Waals surface area contributed by atoms with Crippen molar-refractivity contribution >= 4 is 12.0 Å². The third kappa shape index (κ3) is 4.61. The molecule has 2 aliphatic rings. The molecule has 1 aromatic rings. The molecule has 2 aliphatic heterocycles. The number of nitrogens with two attached hydrogens (primary N) is 1. The molecule has 1 spiro atoms. The summed E-state index contributed by atoms with van der Waals surface area (Å²) in [7, 11) is 0. The van der Waals surface area contributed by atoms with Crippen LogP contribution in [-0.2, 0) is 16.1 Å². The minimum absolute atomic E-state index is 0.0528. The predicted molar refractivity (Wildman–Crippen MR) is 104 cm³/mol. The maximum atomic E-state index is 12.5. The maximum Gasteiger partial charge on any atom is 0.410 e. The van der Waals surface area contributed by atoms with Gasteiger partial charge in [0.15, 0.2) is 0 Å². The Morgan fingerprint density at radius 1 is 1.07 bits per heavy atom. The van der Waals surface area contributed by atoms with Gasteiger partial charge in [0.25, 0.3) is 0 Å². The highest BCUT2D eigenvalue weighted by Crippen LogP contribution is 2.40. The van der Waals surface area contributed by atoms with Gasteiger partial charge < -0.3 is 20.3 Å². The van der Waals surface area contributed by atoms with E-state index in [0.717, 1.165) is 51.0 Å². The van der Waals surface area contributed by atoms with Crippen LogP contribution in [0.25, 0.3) is 0 Å². The fourth-order valence-corrected chi connectivity index (χ4v) is 4.01. The molecule has 1 aromatic carbocycles. The molecule has 1 unspecified atom stereocenters. The van der Waals surface area contributed by atoms with Crippen LogP contribution in [-0.4, -0.2) is 54.0 Å². The van der Waals surface area contributed by atoms with Crippen LogP contribution >= 0.6 is 0 Å². The normalized spacial score (nSPS) is 20.1. The number of benzene rings is 1. The number of hydrogen-bond donors (Lipinski definition) is 1. The summed E-state index contributed by atoms with van der Waals surface area (Å²) < 4.78 is 5.47.